The molecule has 0 saturated heterocycles. The van der Waals surface area contributed by atoms with Crippen LogP contribution in [0.4, 0.5) is 0 Å². The van der Waals surface area contributed by atoms with Gasteiger partial charge in [0, 0.05) is 0 Å². The lowest BCUT2D eigenvalue weighted by Crippen LogP contribution is -1.84. The van der Waals surface area contributed by atoms with Gasteiger partial charge in [-0.25, -0.2) is 0 Å². The molecule has 20 bridgehead atoms. The molecule has 0 heteroatoms. The van der Waals surface area contributed by atoms with Crippen molar-refractivity contribution in [3.05, 3.63) is 257 Å². The molecule has 37 rings (SSSR count). The van der Waals surface area contributed by atoms with E-state index in [1.54, 1.807) is 0 Å². The Morgan fingerprint density at radius 3 is 0.577 bits per heavy atom. The molecular formula is C52H32. The van der Waals surface area contributed by atoms with E-state index in [1.807, 2.05) is 0 Å². The minimum Gasteiger partial charge on any atom is -0.0538 e. The number of benzene rings is 10. The van der Waals surface area contributed by atoms with E-state index in [1.165, 1.54) is 106 Å². The lowest BCUT2D eigenvalue weighted by Gasteiger charge is -2.09. The van der Waals surface area contributed by atoms with Crippen LogP contribution in [0.1, 0.15) is 0 Å². The Morgan fingerprint density at radius 1 is 0.135 bits per heavy atom. The molecule has 10 aromatic rings. The lowest BCUT2D eigenvalue weighted by atomic mass is 9.95. The molecule has 0 fully saturated rings. The van der Waals surface area contributed by atoms with Crippen LogP contribution in [0.2, 0.25) is 0 Å². The van der Waals surface area contributed by atoms with Gasteiger partial charge in [-0.05, 0) is 130 Å². The van der Waals surface area contributed by atoms with Crippen LogP contribution in [-0.4, -0.2) is 0 Å². The van der Waals surface area contributed by atoms with Crippen LogP contribution < -0.4 is 0 Å². The topological polar surface area (TPSA) is 0 Å². The van der Waals surface area contributed by atoms with Gasteiger partial charge in [0.05, 0.1) is 0 Å². The molecule has 240 valence electrons. The zero-order valence-electron chi connectivity index (χ0n) is 28.5. The van der Waals surface area contributed by atoms with Crippen LogP contribution >= 0.6 is 0 Å². The Kier molecular flexibility index (Phi) is 6.35. The van der Waals surface area contributed by atoms with Gasteiger partial charge in [0.1, 0.15) is 0 Å². The molecule has 10 aromatic carbocycles. The Balaban J connectivity index is 1.20. The van der Waals surface area contributed by atoms with Gasteiger partial charge in [0.25, 0.3) is 0 Å². The summed E-state index contributed by atoms with van der Waals surface area (Å²) in [6.07, 6.45) is 0. The molecule has 0 radical (unpaired) electrons. The fraction of sp³-hybridized carbons (Fsp3) is 0. The number of hydrogen-bond donors (Lipinski definition) is 0. The lowest BCUT2D eigenvalue weighted by molar-refractivity contribution is 1.39. The van der Waals surface area contributed by atoms with Crippen molar-refractivity contribution in [3.63, 3.8) is 0 Å². The highest BCUT2D eigenvalue weighted by Gasteiger charge is 2.07. The van der Waals surface area contributed by atoms with Gasteiger partial charge in [0.15, 0.2) is 0 Å². The van der Waals surface area contributed by atoms with E-state index < -0.39 is 0 Å². The molecule has 0 saturated carbocycles. The summed E-state index contributed by atoms with van der Waals surface area (Å²) in [6.45, 7) is 0. The van der Waals surface area contributed by atoms with E-state index >= 15 is 0 Å². The van der Waals surface area contributed by atoms with E-state index in [9.17, 15) is 0 Å². The van der Waals surface area contributed by atoms with Crippen molar-refractivity contribution in [3.8, 4) is 0 Å². The third-order valence-corrected chi connectivity index (χ3v) is 11.2. The van der Waals surface area contributed by atoms with E-state index in [4.69, 9.17) is 0 Å². The van der Waals surface area contributed by atoms with Gasteiger partial charge >= 0.3 is 0 Å². The van der Waals surface area contributed by atoms with Crippen molar-refractivity contribution >= 4 is 43.1 Å². The largest absolute Gasteiger partial charge is 0.0538 e. The summed E-state index contributed by atoms with van der Waals surface area (Å²) < 4.78 is 0. The van der Waals surface area contributed by atoms with Crippen molar-refractivity contribution in [2.45, 2.75) is 0 Å². The van der Waals surface area contributed by atoms with Crippen LogP contribution in [-0.2, 0) is 0 Å². The summed E-state index contributed by atoms with van der Waals surface area (Å²) in [6, 6.07) is 72.4. The maximum Gasteiger partial charge on any atom is -0.00990 e. The van der Waals surface area contributed by atoms with Gasteiger partial charge in [-0.15, -0.1) is 0 Å². The van der Waals surface area contributed by atoms with Crippen molar-refractivity contribution in [1.29, 1.82) is 0 Å². The van der Waals surface area contributed by atoms with E-state index in [-0.39, 0.29) is 0 Å². The number of hydrogen-bond acceptors (Lipinski definition) is 0. The molecule has 52 heavy (non-hydrogen) atoms. The molecule has 0 atom stereocenters. The predicted octanol–water partition coefficient (Wildman–Crippen LogP) is 12.3. The molecule has 0 aliphatic heterocycles. The summed E-state index contributed by atoms with van der Waals surface area (Å²) in [5, 5.41) is 24.9. The highest BCUT2D eigenvalue weighted by molar-refractivity contribution is 6.17. The van der Waals surface area contributed by atoms with Crippen LogP contribution in [0.3, 0.4) is 0 Å². The molecule has 0 heterocycles. The second-order valence-corrected chi connectivity index (χ2v) is 14.2. The van der Waals surface area contributed by atoms with Gasteiger partial charge in [-0.3, -0.25) is 0 Å². The highest BCUT2D eigenvalue weighted by atomic mass is 14.1. The molecule has 0 nitrogen and oxygen atoms in total. The first-order chi connectivity index (χ1) is 25.7. The Morgan fingerprint density at radius 2 is 0.327 bits per heavy atom. The fourth-order valence-corrected chi connectivity index (χ4v) is 8.26. The van der Waals surface area contributed by atoms with Gasteiger partial charge < -0.3 is 0 Å². The van der Waals surface area contributed by atoms with E-state index in [0.29, 0.717) is 0 Å². The maximum absolute atomic E-state index is 2.38. The quantitative estimate of drug-likeness (QED) is 0.113. The maximum atomic E-state index is 2.38. The minimum absolute atomic E-state index is 1.22. The van der Waals surface area contributed by atoms with Crippen molar-refractivity contribution in [1.82, 2.24) is 0 Å². The van der Waals surface area contributed by atoms with E-state index in [0.717, 1.165) is 0 Å². The molecule has 0 spiro atoms. The molecule has 0 unspecified atom stereocenters. The van der Waals surface area contributed by atoms with Crippen LogP contribution in [0.5, 0.6) is 0 Å². The second-order valence-electron chi connectivity index (χ2n) is 14.2. The standard InChI is InChI=1S/C52H32/c1-2-34-4-3-33(1)35-5-9-37(10-6-35)39-13-17-41(18-14-39)43-25-27-49-45(29-43)21-23-47-32-52-48(31-51(47)49)24-22-46-30-44(26-28-50(46)52)42-19-15-40(16-20-42)38-11-7-36(34)8-12-38/h1-32H. The third-order valence-electron chi connectivity index (χ3n) is 11.2. The van der Waals surface area contributed by atoms with Gasteiger partial charge in [0.2, 0.25) is 0 Å². The molecular weight excluding hydrogens is 625 g/mol. The summed E-state index contributed by atoms with van der Waals surface area (Å²) in [5.74, 6) is 0. The summed E-state index contributed by atoms with van der Waals surface area (Å²) in [4.78, 5) is 0. The summed E-state index contributed by atoms with van der Waals surface area (Å²) in [5.41, 5.74) is 0. The van der Waals surface area contributed by atoms with Crippen molar-refractivity contribution in [2.75, 3.05) is 0 Å². The Bertz CT molecular complexity index is 3390. The molecule has 27 aliphatic rings. The van der Waals surface area contributed by atoms with Crippen molar-refractivity contribution < 1.29 is 0 Å². The third kappa shape index (κ3) is 4.77. The zero-order valence-corrected chi connectivity index (χ0v) is 28.5. The Labute approximate surface area is 298 Å². The molecule has 0 N–H and O–H groups in total. The van der Waals surface area contributed by atoms with Crippen molar-refractivity contribution in [2.24, 2.45) is 0 Å². The average Bonchev–Trinajstić information content (AvgIpc) is 3.22. The van der Waals surface area contributed by atoms with Crippen LogP contribution in [0, 0.1) is 62.6 Å². The first kappa shape index (κ1) is 29.0. The van der Waals surface area contributed by atoms with E-state index in [2.05, 4.69) is 194 Å². The monoisotopic (exact) mass is 656 g/mol. The Hall–Kier alpha value is -6.76. The fourth-order valence-electron chi connectivity index (χ4n) is 8.26. The minimum atomic E-state index is 1.22. The second kappa shape index (κ2) is 11.4. The first-order valence-electron chi connectivity index (χ1n) is 18.1. The highest BCUT2D eigenvalue weighted by Crippen LogP contribution is 2.33. The molecule has 0 aromatic heterocycles. The normalized spacial score (nSPS) is 11.8. The zero-order chi connectivity index (χ0) is 34.2. The average molecular weight is 657 g/mol. The summed E-state index contributed by atoms with van der Waals surface area (Å²) >= 11 is 0. The van der Waals surface area contributed by atoms with Crippen LogP contribution in [0.25, 0.3) is 43.1 Å². The smallest absolute Gasteiger partial charge is 0.00990 e. The van der Waals surface area contributed by atoms with Crippen LogP contribution in [0.15, 0.2) is 194 Å². The predicted molar refractivity (Wildman–Crippen MR) is 215 cm³/mol. The first-order valence-corrected chi connectivity index (χ1v) is 18.1. The summed E-state index contributed by atoms with van der Waals surface area (Å²) in [7, 11) is 0. The molecule has 0 amide bonds. The molecule has 27 aliphatic carbocycles. The van der Waals surface area contributed by atoms with Gasteiger partial charge in [-0.2, -0.15) is 0 Å². The SMILES string of the molecule is c1cc2ccc1=c1ccc(cc1)=c1ccc(cc1)=c1ccc3c(ccc4cc5c(ccc6cc(ccc65)=c5ccc(cc5)=c5ccc=2cc5)cc43)c1. The van der Waals surface area contributed by atoms with Gasteiger partial charge in [-0.1, -0.05) is 170 Å². The number of rotatable bonds is 0.